The van der Waals surface area contributed by atoms with E-state index in [1.165, 1.54) is 5.69 Å². The topological polar surface area (TPSA) is 51.2 Å². The van der Waals surface area contributed by atoms with Crippen molar-refractivity contribution in [2.45, 2.75) is 13.0 Å². The van der Waals surface area contributed by atoms with Crippen molar-refractivity contribution in [3.05, 3.63) is 48.5 Å². The average molecular weight is 354 g/mol. The van der Waals surface area contributed by atoms with Crippen LogP contribution in [-0.2, 0) is 4.79 Å². The van der Waals surface area contributed by atoms with E-state index in [1.807, 2.05) is 23.1 Å². The van der Waals surface area contributed by atoms with Crippen LogP contribution >= 0.6 is 0 Å². The molecule has 0 aliphatic carbocycles. The molecule has 2 heterocycles. The largest absolute Gasteiger partial charge is 0.481 e. The third kappa shape index (κ3) is 3.40. The van der Waals surface area contributed by atoms with Gasteiger partial charge in [-0.15, -0.1) is 0 Å². The number of nitrogens with zero attached hydrogens (tertiary/aromatic N) is 2. The van der Waals surface area contributed by atoms with Gasteiger partial charge in [0, 0.05) is 37.9 Å². The van der Waals surface area contributed by atoms with Crippen LogP contribution < -0.4 is 19.1 Å². The fourth-order valence-corrected chi connectivity index (χ4v) is 3.29. The van der Waals surface area contributed by atoms with Gasteiger partial charge in [-0.3, -0.25) is 4.79 Å². The lowest BCUT2D eigenvalue weighted by molar-refractivity contribution is -0.138. The highest BCUT2D eigenvalue weighted by molar-refractivity contribution is 5.81. The van der Waals surface area contributed by atoms with E-state index in [2.05, 4.69) is 17.0 Å². The van der Waals surface area contributed by atoms with E-state index < -0.39 is 6.10 Å². The Balaban J connectivity index is 1.33. The number of rotatable bonds is 4. The fourth-order valence-electron chi connectivity index (χ4n) is 3.29. The lowest BCUT2D eigenvalue weighted by Gasteiger charge is -2.37. The maximum atomic E-state index is 12.7. The zero-order valence-corrected chi connectivity index (χ0v) is 14.8. The van der Waals surface area contributed by atoms with Crippen molar-refractivity contribution in [1.82, 2.24) is 4.90 Å². The molecule has 0 bridgehead atoms. The summed E-state index contributed by atoms with van der Waals surface area (Å²) in [6, 6.07) is 15.6. The number of hydrogen-bond donors (Lipinski definition) is 0. The van der Waals surface area contributed by atoms with Crippen LogP contribution in [0.5, 0.6) is 17.2 Å². The summed E-state index contributed by atoms with van der Waals surface area (Å²) in [6.07, 6.45) is -0.543. The average Bonchev–Trinajstić information content (AvgIpc) is 3.16. The molecule has 2 aromatic rings. The SMILES string of the molecule is C[C@@H](Oc1ccc2c(c1)OCO2)C(=O)N1CCN(c2ccccc2)CC1. The van der Waals surface area contributed by atoms with Gasteiger partial charge in [0.2, 0.25) is 6.79 Å². The number of anilines is 1. The highest BCUT2D eigenvalue weighted by Crippen LogP contribution is 2.35. The van der Waals surface area contributed by atoms with E-state index >= 15 is 0 Å². The number of amides is 1. The van der Waals surface area contributed by atoms with Crippen LogP contribution in [0.15, 0.2) is 48.5 Å². The van der Waals surface area contributed by atoms with E-state index in [0.717, 1.165) is 13.1 Å². The normalized spacial score (nSPS) is 17.1. The van der Waals surface area contributed by atoms with Crippen molar-refractivity contribution in [2.24, 2.45) is 0 Å². The van der Waals surface area contributed by atoms with E-state index in [-0.39, 0.29) is 12.7 Å². The Hall–Kier alpha value is -2.89. The predicted octanol–water partition coefficient (Wildman–Crippen LogP) is 2.53. The molecule has 26 heavy (non-hydrogen) atoms. The smallest absolute Gasteiger partial charge is 0.263 e. The number of carbonyl (C=O) groups excluding carboxylic acids is 1. The van der Waals surface area contributed by atoms with E-state index in [9.17, 15) is 4.79 Å². The van der Waals surface area contributed by atoms with Gasteiger partial charge in [-0.2, -0.15) is 0 Å². The van der Waals surface area contributed by atoms with Gasteiger partial charge in [-0.25, -0.2) is 0 Å². The van der Waals surface area contributed by atoms with E-state index in [0.29, 0.717) is 30.3 Å². The molecule has 0 aromatic heterocycles. The quantitative estimate of drug-likeness (QED) is 0.845. The van der Waals surface area contributed by atoms with Crippen LogP contribution in [0.4, 0.5) is 5.69 Å². The molecule has 1 atom stereocenters. The van der Waals surface area contributed by atoms with Crippen molar-refractivity contribution in [3.8, 4) is 17.2 Å². The standard InChI is InChI=1S/C20H22N2O4/c1-15(26-17-7-8-18-19(13-17)25-14-24-18)20(23)22-11-9-21(10-12-22)16-5-3-2-4-6-16/h2-8,13,15H,9-12,14H2,1H3/t15-/m1/s1. The van der Waals surface area contributed by atoms with Gasteiger partial charge in [0.05, 0.1) is 0 Å². The Morgan fingerprint density at radius 3 is 2.50 bits per heavy atom. The molecule has 2 aliphatic heterocycles. The first-order valence-corrected chi connectivity index (χ1v) is 8.86. The highest BCUT2D eigenvalue weighted by atomic mass is 16.7. The number of fused-ring (bicyclic) bond motifs is 1. The van der Waals surface area contributed by atoms with Crippen molar-refractivity contribution in [3.63, 3.8) is 0 Å². The van der Waals surface area contributed by atoms with Crippen LogP contribution in [-0.4, -0.2) is 49.9 Å². The molecule has 0 N–H and O–H groups in total. The van der Waals surface area contributed by atoms with Crippen molar-refractivity contribution in [2.75, 3.05) is 37.9 Å². The first-order valence-electron chi connectivity index (χ1n) is 8.86. The minimum absolute atomic E-state index is 0.00961. The zero-order valence-electron chi connectivity index (χ0n) is 14.8. The lowest BCUT2D eigenvalue weighted by atomic mass is 10.2. The number of piperazine rings is 1. The maximum Gasteiger partial charge on any atom is 0.263 e. The summed E-state index contributed by atoms with van der Waals surface area (Å²) < 4.78 is 16.5. The third-order valence-corrected chi connectivity index (χ3v) is 4.72. The second-order valence-electron chi connectivity index (χ2n) is 6.42. The van der Waals surface area contributed by atoms with Crippen LogP contribution in [0.25, 0.3) is 0 Å². The summed E-state index contributed by atoms with van der Waals surface area (Å²) in [7, 11) is 0. The monoisotopic (exact) mass is 354 g/mol. The van der Waals surface area contributed by atoms with Gasteiger partial charge in [0.25, 0.3) is 5.91 Å². The first kappa shape index (κ1) is 16.6. The van der Waals surface area contributed by atoms with E-state index in [4.69, 9.17) is 14.2 Å². The number of ether oxygens (including phenoxy) is 3. The minimum Gasteiger partial charge on any atom is -0.481 e. The molecule has 136 valence electrons. The van der Waals surface area contributed by atoms with Crippen LogP contribution in [0.1, 0.15) is 6.92 Å². The van der Waals surface area contributed by atoms with Gasteiger partial charge in [0.15, 0.2) is 17.6 Å². The summed E-state index contributed by atoms with van der Waals surface area (Å²) in [5.41, 5.74) is 1.20. The summed E-state index contributed by atoms with van der Waals surface area (Å²) in [4.78, 5) is 16.9. The maximum absolute atomic E-state index is 12.7. The Bertz CT molecular complexity index is 773. The van der Waals surface area contributed by atoms with Gasteiger partial charge >= 0.3 is 0 Å². The molecule has 6 heteroatoms. The Morgan fingerprint density at radius 1 is 1.00 bits per heavy atom. The van der Waals surface area contributed by atoms with Crippen molar-refractivity contribution < 1.29 is 19.0 Å². The summed E-state index contributed by atoms with van der Waals surface area (Å²) in [5.74, 6) is 1.97. The summed E-state index contributed by atoms with van der Waals surface area (Å²) in [6.45, 7) is 5.06. The van der Waals surface area contributed by atoms with Crippen LogP contribution in [0, 0.1) is 0 Å². The number of para-hydroxylation sites is 1. The number of hydrogen-bond acceptors (Lipinski definition) is 5. The molecule has 0 spiro atoms. The molecule has 6 nitrogen and oxygen atoms in total. The lowest BCUT2D eigenvalue weighted by Crippen LogP contribution is -2.52. The summed E-state index contributed by atoms with van der Waals surface area (Å²) >= 11 is 0. The minimum atomic E-state index is -0.543. The summed E-state index contributed by atoms with van der Waals surface area (Å²) in [5, 5.41) is 0. The molecule has 1 fully saturated rings. The van der Waals surface area contributed by atoms with Gasteiger partial charge < -0.3 is 24.0 Å². The van der Waals surface area contributed by atoms with Gasteiger partial charge in [-0.1, -0.05) is 18.2 Å². The molecule has 4 rings (SSSR count). The Kier molecular flexibility index (Phi) is 4.56. The molecule has 0 saturated carbocycles. The predicted molar refractivity (Wildman–Crippen MR) is 97.9 cm³/mol. The molecular weight excluding hydrogens is 332 g/mol. The Morgan fingerprint density at radius 2 is 1.73 bits per heavy atom. The molecule has 0 radical (unpaired) electrons. The zero-order chi connectivity index (χ0) is 17.9. The Labute approximate surface area is 152 Å². The highest BCUT2D eigenvalue weighted by Gasteiger charge is 2.26. The molecule has 1 saturated heterocycles. The third-order valence-electron chi connectivity index (χ3n) is 4.72. The number of carbonyl (C=O) groups is 1. The van der Waals surface area contributed by atoms with Gasteiger partial charge in [0.1, 0.15) is 5.75 Å². The fraction of sp³-hybridized carbons (Fsp3) is 0.350. The molecular formula is C20H22N2O4. The molecule has 0 unspecified atom stereocenters. The molecule has 2 aromatic carbocycles. The first-order chi connectivity index (χ1) is 12.7. The van der Waals surface area contributed by atoms with Crippen molar-refractivity contribution >= 4 is 11.6 Å². The molecule has 2 aliphatic rings. The number of benzene rings is 2. The van der Waals surface area contributed by atoms with Gasteiger partial charge in [-0.05, 0) is 31.2 Å². The second-order valence-corrected chi connectivity index (χ2v) is 6.42. The van der Waals surface area contributed by atoms with E-state index in [1.54, 1.807) is 25.1 Å². The van der Waals surface area contributed by atoms with Crippen molar-refractivity contribution in [1.29, 1.82) is 0 Å². The van der Waals surface area contributed by atoms with Crippen LogP contribution in [0.3, 0.4) is 0 Å². The molecule has 1 amide bonds. The van der Waals surface area contributed by atoms with Crippen LogP contribution in [0.2, 0.25) is 0 Å². The second kappa shape index (κ2) is 7.15.